The smallest absolute Gasteiger partial charge is 0.304 e. The van der Waals surface area contributed by atoms with E-state index >= 15 is 0 Å². The number of carboxylic acids is 1. The molecule has 0 spiro atoms. The van der Waals surface area contributed by atoms with Gasteiger partial charge in [-0.05, 0) is 6.08 Å². The predicted octanol–water partition coefficient (Wildman–Crippen LogP) is 1.63. The van der Waals surface area contributed by atoms with E-state index in [0.717, 1.165) is 0 Å². The number of aliphatic carboxylic acids is 1. The summed E-state index contributed by atoms with van der Waals surface area (Å²) in [6, 6.07) is 0. The summed E-state index contributed by atoms with van der Waals surface area (Å²) in [5, 5.41) is 8.71. The molecule has 0 bridgehead atoms. The first-order valence-electron chi connectivity index (χ1n) is 4.25. The molecule has 13 heavy (non-hydrogen) atoms. The highest BCUT2D eigenvalue weighted by molar-refractivity contribution is 5.98. The van der Waals surface area contributed by atoms with Crippen LogP contribution in [0.3, 0.4) is 0 Å². The zero-order chi connectivity index (χ0) is 10.3. The van der Waals surface area contributed by atoms with Crippen LogP contribution in [0.4, 0.5) is 0 Å². The topological polar surface area (TPSA) is 54.4 Å². The Labute approximate surface area is 77.4 Å². The SMILES string of the molecule is CC1(C)C(=O)C=C[C@]1(C)CC(=O)O. The Hall–Kier alpha value is -1.12. The molecule has 1 N–H and O–H groups in total. The van der Waals surface area contributed by atoms with E-state index in [1.54, 1.807) is 19.9 Å². The van der Waals surface area contributed by atoms with Crippen LogP contribution >= 0.6 is 0 Å². The lowest BCUT2D eigenvalue weighted by molar-refractivity contribution is -0.141. The van der Waals surface area contributed by atoms with Crippen LogP contribution in [0.15, 0.2) is 12.2 Å². The molecule has 0 fully saturated rings. The van der Waals surface area contributed by atoms with Crippen LogP contribution in [0.1, 0.15) is 27.2 Å². The van der Waals surface area contributed by atoms with Crippen molar-refractivity contribution in [3.05, 3.63) is 12.2 Å². The van der Waals surface area contributed by atoms with Crippen molar-refractivity contribution in [3.63, 3.8) is 0 Å². The normalized spacial score (nSPS) is 30.8. The van der Waals surface area contributed by atoms with E-state index in [9.17, 15) is 9.59 Å². The summed E-state index contributed by atoms with van der Waals surface area (Å²) in [7, 11) is 0. The summed E-state index contributed by atoms with van der Waals surface area (Å²) in [5.74, 6) is -0.855. The fourth-order valence-corrected chi connectivity index (χ4v) is 1.55. The summed E-state index contributed by atoms with van der Waals surface area (Å²) >= 11 is 0. The van der Waals surface area contributed by atoms with Crippen molar-refractivity contribution in [3.8, 4) is 0 Å². The Morgan fingerprint density at radius 2 is 2.00 bits per heavy atom. The molecule has 0 radical (unpaired) electrons. The van der Waals surface area contributed by atoms with Gasteiger partial charge in [0.25, 0.3) is 0 Å². The summed E-state index contributed by atoms with van der Waals surface area (Å²) in [5.41, 5.74) is -1.14. The summed E-state index contributed by atoms with van der Waals surface area (Å²) < 4.78 is 0. The number of carbonyl (C=O) groups is 2. The number of allylic oxidation sites excluding steroid dienone is 2. The molecule has 1 rings (SSSR count). The first kappa shape index (κ1) is 9.96. The lowest BCUT2D eigenvalue weighted by Gasteiger charge is -2.34. The number of hydrogen-bond acceptors (Lipinski definition) is 2. The first-order valence-corrected chi connectivity index (χ1v) is 4.25. The third-order valence-corrected chi connectivity index (χ3v) is 3.16. The minimum absolute atomic E-state index is 0.00222. The monoisotopic (exact) mass is 182 g/mol. The molecule has 0 aromatic rings. The van der Waals surface area contributed by atoms with Crippen LogP contribution < -0.4 is 0 Å². The Bertz CT molecular complexity index is 289. The van der Waals surface area contributed by atoms with Gasteiger partial charge in [-0.15, -0.1) is 0 Å². The molecule has 3 nitrogen and oxygen atoms in total. The second-order valence-corrected chi connectivity index (χ2v) is 4.31. The van der Waals surface area contributed by atoms with E-state index in [1.807, 2.05) is 6.92 Å². The largest absolute Gasteiger partial charge is 0.481 e. The van der Waals surface area contributed by atoms with Gasteiger partial charge in [0.2, 0.25) is 0 Å². The average molecular weight is 182 g/mol. The Morgan fingerprint density at radius 3 is 2.31 bits per heavy atom. The molecule has 1 aliphatic carbocycles. The van der Waals surface area contributed by atoms with Gasteiger partial charge in [-0.1, -0.05) is 26.8 Å². The summed E-state index contributed by atoms with van der Waals surface area (Å²) in [6.45, 7) is 5.39. The zero-order valence-corrected chi connectivity index (χ0v) is 8.13. The highest BCUT2D eigenvalue weighted by Crippen LogP contribution is 2.47. The Morgan fingerprint density at radius 1 is 1.46 bits per heavy atom. The van der Waals surface area contributed by atoms with Crippen LogP contribution in [-0.2, 0) is 9.59 Å². The quantitative estimate of drug-likeness (QED) is 0.706. The lowest BCUT2D eigenvalue weighted by Crippen LogP contribution is -2.36. The molecule has 72 valence electrons. The van der Waals surface area contributed by atoms with Gasteiger partial charge < -0.3 is 5.11 Å². The average Bonchev–Trinajstić information content (AvgIpc) is 2.13. The molecular weight excluding hydrogens is 168 g/mol. The molecule has 0 heterocycles. The fourth-order valence-electron chi connectivity index (χ4n) is 1.55. The molecular formula is C10H14O3. The maximum absolute atomic E-state index is 11.4. The van der Waals surface area contributed by atoms with Gasteiger partial charge in [-0.2, -0.15) is 0 Å². The van der Waals surface area contributed by atoms with E-state index in [4.69, 9.17) is 5.11 Å². The van der Waals surface area contributed by atoms with Crippen molar-refractivity contribution in [1.29, 1.82) is 0 Å². The minimum atomic E-state index is -0.866. The van der Waals surface area contributed by atoms with Gasteiger partial charge in [0.1, 0.15) is 0 Å². The number of carboxylic acid groups (broad SMARTS) is 1. The molecule has 0 aliphatic heterocycles. The number of rotatable bonds is 2. The maximum Gasteiger partial charge on any atom is 0.304 e. The Kier molecular flexibility index (Phi) is 2.06. The molecule has 0 unspecified atom stereocenters. The van der Waals surface area contributed by atoms with Gasteiger partial charge in [-0.3, -0.25) is 9.59 Å². The molecule has 0 saturated carbocycles. The fraction of sp³-hybridized carbons (Fsp3) is 0.600. The molecule has 0 aromatic carbocycles. The predicted molar refractivity (Wildman–Crippen MR) is 48.3 cm³/mol. The van der Waals surface area contributed by atoms with E-state index < -0.39 is 16.8 Å². The summed E-state index contributed by atoms with van der Waals surface area (Å²) in [4.78, 5) is 22.0. The number of hydrogen-bond donors (Lipinski definition) is 1. The maximum atomic E-state index is 11.4. The van der Waals surface area contributed by atoms with Crippen molar-refractivity contribution in [2.24, 2.45) is 10.8 Å². The van der Waals surface area contributed by atoms with Gasteiger partial charge >= 0.3 is 5.97 Å². The van der Waals surface area contributed by atoms with Crippen molar-refractivity contribution in [2.45, 2.75) is 27.2 Å². The van der Waals surface area contributed by atoms with E-state index in [0.29, 0.717) is 0 Å². The number of ketones is 1. The van der Waals surface area contributed by atoms with Gasteiger partial charge in [0, 0.05) is 10.8 Å². The lowest BCUT2D eigenvalue weighted by atomic mass is 9.67. The van der Waals surface area contributed by atoms with Crippen molar-refractivity contribution in [1.82, 2.24) is 0 Å². The van der Waals surface area contributed by atoms with Crippen molar-refractivity contribution in [2.75, 3.05) is 0 Å². The van der Waals surface area contributed by atoms with Crippen molar-refractivity contribution >= 4 is 11.8 Å². The zero-order valence-electron chi connectivity index (χ0n) is 8.13. The highest BCUT2D eigenvalue weighted by Gasteiger charge is 2.48. The summed E-state index contributed by atoms with van der Waals surface area (Å²) in [6.07, 6.45) is 3.20. The van der Waals surface area contributed by atoms with E-state index in [2.05, 4.69) is 0 Å². The molecule has 3 heteroatoms. The first-order chi connectivity index (χ1) is 5.79. The van der Waals surface area contributed by atoms with Gasteiger partial charge in [0.15, 0.2) is 5.78 Å². The molecule has 1 atom stereocenters. The molecule has 0 saturated heterocycles. The molecule has 0 aromatic heterocycles. The van der Waals surface area contributed by atoms with E-state index in [-0.39, 0.29) is 12.2 Å². The third kappa shape index (κ3) is 1.39. The highest BCUT2D eigenvalue weighted by atomic mass is 16.4. The van der Waals surface area contributed by atoms with Gasteiger partial charge in [-0.25, -0.2) is 0 Å². The minimum Gasteiger partial charge on any atom is -0.481 e. The van der Waals surface area contributed by atoms with Crippen LogP contribution in [0.25, 0.3) is 0 Å². The van der Waals surface area contributed by atoms with Gasteiger partial charge in [0.05, 0.1) is 6.42 Å². The second-order valence-electron chi connectivity index (χ2n) is 4.31. The Balaban J connectivity index is 2.98. The molecule has 1 aliphatic rings. The second kappa shape index (κ2) is 2.69. The number of carbonyl (C=O) groups excluding carboxylic acids is 1. The van der Waals surface area contributed by atoms with Crippen LogP contribution in [0, 0.1) is 10.8 Å². The third-order valence-electron chi connectivity index (χ3n) is 3.16. The van der Waals surface area contributed by atoms with Crippen molar-refractivity contribution < 1.29 is 14.7 Å². The van der Waals surface area contributed by atoms with Crippen LogP contribution in [0.5, 0.6) is 0 Å². The molecule has 0 amide bonds. The van der Waals surface area contributed by atoms with Crippen LogP contribution in [0.2, 0.25) is 0 Å². The van der Waals surface area contributed by atoms with E-state index in [1.165, 1.54) is 6.08 Å². The van der Waals surface area contributed by atoms with Crippen LogP contribution in [-0.4, -0.2) is 16.9 Å². The standard InChI is InChI=1S/C10H14O3/c1-9(2)7(11)4-5-10(9,3)6-8(12)13/h4-5H,6H2,1-3H3,(H,12,13)/t10-/m1/s1.